The van der Waals surface area contributed by atoms with Crippen molar-refractivity contribution >= 4 is 34.6 Å². The molecule has 0 saturated carbocycles. The number of carbonyl (C=O) groups is 2. The number of rotatable bonds is 5. The number of carbonyl (C=O) groups excluding carboxylic acids is 2. The van der Waals surface area contributed by atoms with Gasteiger partial charge in [-0.25, -0.2) is 0 Å². The van der Waals surface area contributed by atoms with E-state index in [1.165, 1.54) is 12.5 Å². The maximum atomic E-state index is 12.6. The van der Waals surface area contributed by atoms with Gasteiger partial charge in [-0.05, 0) is 68.3 Å². The molecule has 0 aliphatic rings. The summed E-state index contributed by atoms with van der Waals surface area (Å²) in [5, 5.41) is 8.90. The minimum atomic E-state index is -0.307. The fourth-order valence-corrected chi connectivity index (χ4v) is 3.19. The first-order valence-electron chi connectivity index (χ1n) is 9.32. The Morgan fingerprint density at radius 1 is 0.793 bits per heavy atom. The fraction of sp³-hybridized carbons (Fsp3) is 0.174. The van der Waals surface area contributed by atoms with E-state index in [0.717, 1.165) is 22.5 Å². The number of aryl methyl sites for hydroxylation is 3. The third-order valence-corrected chi connectivity index (χ3v) is 4.40. The first-order valence-corrected chi connectivity index (χ1v) is 9.32. The van der Waals surface area contributed by atoms with Crippen LogP contribution in [0.2, 0.25) is 0 Å². The molecule has 0 atom stereocenters. The zero-order valence-electron chi connectivity index (χ0n) is 17.0. The summed E-state index contributed by atoms with van der Waals surface area (Å²) in [7, 11) is 0. The summed E-state index contributed by atoms with van der Waals surface area (Å²) in [4.78, 5) is 27.9. The zero-order chi connectivity index (χ0) is 21.0. The summed E-state index contributed by atoms with van der Waals surface area (Å²) in [5.74, 6) is -0.451. The Morgan fingerprint density at radius 2 is 1.38 bits per heavy atom. The monoisotopic (exact) mass is 388 g/mol. The number of nitrogens with one attached hydrogen (secondary N) is 3. The Labute approximate surface area is 170 Å². The van der Waals surface area contributed by atoms with Crippen molar-refractivity contribution in [1.82, 2.24) is 4.98 Å². The van der Waals surface area contributed by atoms with Crippen LogP contribution in [0.1, 0.15) is 34.1 Å². The molecule has 1 aromatic heterocycles. The maximum Gasteiger partial charge on any atom is 0.274 e. The predicted octanol–water partition coefficient (Wildman–Crippen LogP) is 4.96. The molecule has 0 spiro atoms. The van der Waals surface area contributed by atoms with Crippen LogP contribution in [0.3, 0.4) is 0 Å². The molecule has 3 rings (SSSR count). The Kier molecular flexibility index (Phi) is 5.93. The van der Waals surface area contributed by atoms with Crippen LogP contribution in [0.25, 0.3) is 0 Å². The van der Waals surface area contributed by atoms with Gasteiger partial charge in [0.15, 0.2) is 0 Å². The van der Waals surface area contributed by atoms with Gasteiger partial charge >= 0.3 is 0 Å². The van der Waals surface area contributed by atoms with Crippen molar-refractivity contribution in [3.8, 4) is 0 Å². The SMILES string of the molecule is CC(=O)Nc1ccc(NC(=O)c2cc(Nc3c(C)cc(C)cc3C)ccn2)cc1. The minimum Gasteiger partial charge on any atom is -0.355 e. The van der Waals surface area contributed by atoms with E-state index < -0.39 is 0 Å². The van der Waals surface area contributed by atoms with Crippen LogP contribution in [0, 0.1) is 20.8 Å². The van der Waals surface area contributed by atoms with E-state index >= 15 is 0 Å². The van der Waals surface area contributed by atoms with E-state index in [2.05, 4.69) is 53.8 Å². The molecule has 1 heterocycles. The first-order chi connectivity index (χ1) is 13.8. The van der Waals surface area contributed by atoms with E-state index in [0.29, 0.717) is 17.1 Å². The largest absolute Gasteiger partial charge is 0.355 e. The lowest BCUT2D eigenvalue weighted by Crippen LogP contribution is -2.14. The van der Waals surface area contributed by atoms with Gasteiger partial charge in [0.1, 0.15) is 5.69 Å². The van der Waals surface area contributed by atoms with E-state index in [1.807, 2.05) is 6.07 Å². The molecule has 0 fully saturated rings. The smallest absolute Gasteiger partial charge is 0.274 e. The predicted molar refractivity (Wildman–Crippen MR) is 117 cm³/mol. The van der Waals surface area contributed by atoms with Crippen molar-refractivity contribution < 1.29 is 9.59 Å². The van der Waals surface area contributed by atoms with E-state index in [4.69, 9.17) is 0 Å². The summed E-state index contributed by atoms with van der Waals surface area (Å²) < 4.78 is 0. The molecule has 3 aromatic rings. The minimum absolute atomic E-state index is 0.144. The second-order valence-electron chi connectivity index (χ2n) is 7.04. The zero-order valence-corrected chi connectivity index (χ0v) is 17.0. The normalized spacial score (nSPS) is 10.3. The molecule has 0 saturated heterocycles. The average molecular weight is 388 g/mol. The molecule has 0 radical (unpaired) electrons. The molecule has 0 aliphatic heterocycles. The van der Waals surface area contributed by atoms with Crippen LogP contribution in [0.4, 0.5) is 22.7 Å². The first kappa shape index (κ1) is 20.1. The molecule has 2 amide bonds. The topological polar surface area (TPSA) is 83.1 Å². The molecule has 6 heteroatoms. The molecule has 6 nitrogen and oxygen atoms in total. The van der Waals surface area contributed by atoms with Gasteiger partial charge in [-0.2, -0.15) is 0 Å². The van der Waals surface area contributed by atoms with E-state index in [9.17, 15) is 9.59 Å². The van der Waals surface area contributed by atoms with Gasteiger partial charge in [0, 0.05) is 35.9 Å². The standard InChI is InChI=1S/C23H24N4O2/c1-14-11-15(2)22(16(3)12-14)26-20-9-10-24-21(13-20)23(29)27-19-7-5-18(6-8-19)25-17(4)28/h5-13H,1-4H3,(H,24,26)(H,25,28)(H,27,29). The molecule has 0 unspecified atom stereocenters. The van der Waals surface area contributed by atoms with Gasteiger partial charge < -0.3 is 16.0 Å². The van der Waals surface area contributed by atoms with Crippen LogP contribution in [0.5, 0.6) is 0 Å². The third-order valence-electron chi connectivity index (χ3n) is 4.40. The molecule has 0 aliphatic carbocycles. The van der Waals surface area contributed by atoms with Crippen LogP contribution in [-0.2, 0) is 4.79 Å². The van der Waals surface area contributed by atoms with E-state index in [1.54, 1.807) is 36.5 Å². The average Bonchev–Trinajstić information content (AvgIpc) is 2.66. The van der Waals surface area contributed by atoms with Crippen molar-refractivity contribution in [3.05, 3.63) is 77.1 Å². The van der Waals surface area contributed by atoms with Crippen molar-refractivity contribution in [1.29, 1.82) is 0 Å². The van der Waals surface area contributed by atoms with Crippen molar-refractivity contribution in [2.24, 2.45) is 0 Å². The highest BCUT2D eigenvalue weighted by molar-refractivity contribution is 6.03. The van der Waals surface area contributed by atoms with Gasteiger partial charge in [-0.15, -0.1) is 0 Å². The van der Waals surface area contributed by atoms with Crippen LogP contribution < -0.4 is 16.0 Å². The number of anilines is 4. The van der Waals surface area contributed by atoms with Crippen molar-refractivity contribution in [2.45, 2.75) is 27.7 Å². The number of pyridine rings is 1. The molecule has 2 aromatic carbocycles. The summed E-state index contributed by atoms with van der Waals surface area (Å²) in [6, 6.07) is 14.7. The van der Waals surface area contributed by atoms with Gasteiger partial charge in [0.2, 0.25) is 5.91 Å². The second-order valence-corrected chi connectivity index (χ2v) is 7.04. The molecule has 29 heavy (non-hydrogen) atoms. The number of aromatic nitrogens is 1. The number of nitrogens with zero attached hydrogens (tertiary/aromatic N) is 1. The van der Waals surface area contributed by atoms with E-state index in [-0.39, 0.29) is 11.8 Å². The maximum absolute atomic E-state index is 12.6. The fourth-order valence-electron chi connectivity index (χ4n) is 3.19. The van der Waals surface area contributed by atoms with Gasteiger partial charge in [-0.1, -0.05) is 17.7 Å². The van der Waals surface area contributed by atoms with Crippen LogP contribution in [0.15, 0.2) is 54.7 Å². The number of benzene rings is 2. The molecular weight excluding hydrogens is 364 g/mol. The molecular formula is C23H24N4O2. The highest BCUT2D eigenvalue weighted by Crippen LogP contribution is 2.26. The lowest BCUT2D eigenvalue weighted by molar-refractivity contribution is -0.114. The summed E-state index contributed by atoms with van der Waals surface area (Å²) >= 11 is 0. The Morgan fingerprint density at radius 3 is 1.97 bits per heavy atom. The van der Waals surface area contributed by atoms with Gasteiger partial charge in [0.05, 0.1) is 0 Å². The second kappa shape index (κ2) is 8.56. The number of hydrogen-bond donors (Lipinski definition) is 3. The van der Waals surface area contributed by atoms with Crippen molar-refractivity contribution in [2.75, 3.05) is 16.0 Å². The van der Waals surface area contributed by atoms with Gasteiger partial charge in [-0.3, -0.25) is 14.6 Å². The highest BCUT2D eigenvalue weighted by Gasteiger charge is 2.10. The van der Waals surface area contributed by atoms with Crippen LogP contribution >= 0.6 is 0 Å². The lowest BCUT2D eigenvalue weighted by Gasteiger charge is -2.14. The summed E-state index contributed by atoms with van der Waals surface area (Å²) in [5.41, 5.74) is 6.92. The molecule has 3 N–H and O–H groups in total. The quantitative estimate of drug-likeness (QED) is 0.577. The lowest BCUT2D eigenvalue weighted by atomic mass is 10.0. The Balaban J connectivity index is 1.74. The van der Waals surface area contributed by atoms with Crippen LogP contribution in [-0.4, -0.2) is 16.8 Å². The van der Waals surface area contributed by atoms with Crippen molar-refractivity contribution in [3.63, 3.8) is 0 Å². The Hall–Kier alpha value is -3.67. The van der Waals surface area contributed by atoms with Gasteiger partial charge in [0.25, 0.3) is 5.91 Å². The third kappa shape index (κ3) is 5.19. The summed E-state index contributed by atoms with van der Waals surface area (Å²) in [6.45, 7) is 7.63. The Bertz CT molecular complexity index is 1040. The summed E-state index contributed by atoms with van der Waals surface area (Å²) in [6.07, 6.45) is 1.61. The number of amides is 2. The molecule has 0 bridgehead atoms. The molecule has 148 valence electrons. The number of hydrogen-bond acceptors (Lipinski definition) is 4. The highest BCUT2D eigenvalue weighted by atomic mass is 16.2.